The van der Waals surface area contributed by atoms with Gasteiger partial charge in [0, 0.05) is 24.5 Å². The number of benzene rings is 2. The number of nitrogens with zero attached hydrogens (tertiary/aromatic N) is 2. The molecule has 31 heavy (non-hydrogen) atoms. The maximum atomic E-state index is 2.69. The van der Waals surface area contributed by atoms with Crippen LogP contribution >= 0.6 is 0 Å². The molecule has 0 amide bonds. The lowest BCUT2D eigenvalue weighted by Gasteiger charge is -2.36. The molecule has 2 atom stereocenters. The Kier molecular flexibility index (Phi) is 7.39. The summed E-state index contributed by atoms with van der Waals surface area (Å²) in [6.45, 7) is 23.3. The number of hydrogen-bond donors (Lipinski definition) is 0. The van der Waals surface area contributed by atoms with Crippen LogP contribution in [-0.2, 0) is 0 Å². The molecule has 2 aromatic rings. The van der Waals surface area contributed by atoms with Crippen molar-refractivity contribution in [1.82, 2.24) is 0 Å². The average molecular weight is 421 g/mol. The predicted molar refractivity (Wildman–Crippen MR) is 138 cm³/mol. The second-order valence-corrected chi connectivity index (χ2v) is 10.4. The van der Waals surface area contributed by atoms with Gasteiger partial charge in [0.15, 0.2) is 0 Å². The van der Waals surface area contributed by atoms with Crippen LogP contribution in [0.15, 0.2) is 36.4 Å². The highest BCUT2D eigenvalue weighted by molar-refractivity contribution is 5.69. The highest BCUT2D eigenvalue weighted by Gasteiger charge is 2.34. The molecule has 0 saturated carbocycles. The monoisotopic (exact) mass is 420 g/mol. The third-order valence-electron chi connectivity index (χ3n) is 7.26. The highest BCUT2D eigenvalue weighted by atomic mass is 15.4. The van der Waals surface area contributed by atoms with E-state index in [-0.39, 0.29) is 0 Å². The summed E-state index contributed by atoms with van der Waals surface area (Å²) in [5.41, 5.74) is 8.96. The van der Waals surface area contributed by atoms with Crippen LogP contribution in [0.2, 0.25) is 0 Å². The van der Waals surface area contributed by atoms with Crippen molar-refractivity contribution in [3.05, 3.63) is 58.7 Å². The lowest BCUT2D eigenvalue weighted by molar-refractivity contribution is 0.685. The van der Waals surface area contributed by atoms with Crippen LogP contribution in [0, 0.1) is 0 Å². The first kappa shape index (κ1) is 23.7. The van der Waals surface area contributed by atoms with Crippen LogP contribution in [0.25, 0.3) is 0 Å². The van der Waals surface area contributed by atoms with E-state index >= 15 is 0 Å². The quantitative estimate of drug-likeness (QED) is 0.445. The Morgan fingerprint density at radius 1 is 0.677 bits per heavy atom. The summed E-state index contributed by atoms with van der Waals surface area (Å²) in [7, 11) is 0. The molecule has 1 fully saturated rings. The summed E-state index contributed by atoms with van der Waals surface area (Å²) >= 11 is 0. The van der Waals surface area contributed by atoms with Crippen molar-refractivity contribution in [3.63, 3.8) is 0 Å². The molecule has 1 aliphatic heterocycles. The maximum Gasteiger partial charge on any atom is 0.0988 e. The van der Waals surface area contributed by atoms with Crippen molar-refractivity contribution in [2.45, 2.75) is 98.6 Å². The lowest BCUT2D eigenvalue weighted by atomic mass is 9.89. The van der Waals surface area contributed by atoms with Gasteiger partial charge in [-0.2, -0.15) is 0 Å². The average Bonchev–Trinajstić information content (AvgIpc) is 3.12. The van der Waals surface area contributed by atoms with E-state index < -0.39 is 0 Å². The molecule has 170 valence electrons. The third kappa shape index (κ3) is 4.49. The molecule has 0 spiro atoms. The van der Waals surface area contributed by atoms with E-state index in [1.54, 1.807) is 0 Å². The molecule has 3 rings (SSSR count). The minimum Gasteiger partial charge on any atom is -0.349 e. The van der Waals surface area contributed by atoms with Gasteiger partial charge in [0.25, 0.3) is 0 Å². The molecule has 0 N–H and O–H groups in total. The Morgan fingerprint density at radius 2 is 1.03 bits per heavy atom. The number of anilines is 2. The highest BCUT2D eigenvalue weighted by Crippen LogP contribution is 2.43. The van der Waals surface area contributed by atoms with Crippen molar-refractivity contribution in [3.8, 4) is 0 Å². The molecular formula is C29H44N2. The van der Waals surface area contributed by atoms with Crippen LogP contribution in [-0.4, -0.2) is 19.3 Å². The lowest BCUT2D eigenvalue weighted by Crippen LogP contribution is -2.38. The van der Waals surface area contributed by atoms with Gasteiger partial charge in [0.1, 0.15) is 0 Å². The molecule has 2 unspecified atom stereocenters. The first-order valence-electron chi connectivity index (χ1n) is 12.5. The van der Waals surface area contributed by atoms with Gasteiger partial charge in [-0.15, -0.1) is 0 Å². The normalized spacial score (nSPS) is 18.0. The van der Waals surface area contributed by atoms with Crippen LogP contribution in [0.4, 0.5) is 11.4 Å². The summed E-state index contributed by atoms with van der Waals surface area (Å²) in [6, 6.07) is 13.9. The number of para-hydroxylation sites is 2. The number of rotatable bonds is 7. The standard InChI is InChI=1S/C29H44N2/c1-10-22(8)27-16-12-15-26(21(6)7)29(27)31-18-17-30(23(31)9)28-24(19(2)3)13-11-14-25(28)20(4)5/h11-16,19-23H,10,17-18H2,1-9H3. The summed E-state index contributed by atoms with van der Waals surface area (Å²) in [4.78, 5) is 5.38. The van der Waals surface area contributed by atoms with E-state index in [2.05, 4.69) is 109 Å². The molecule has 0 aliphatic carbocycles. The zero-order valence-electron chi connectivity index (χ0n) is 21.4. The zero-order valence-corrected chi connectivity index (χ0v) is 21.4. The second-order valence-electron chi connectivity index (χ2n) is 10.4. The van der Waals surface area contributed by atoms with Crippen molar-refractivity contribution >= 4 is 11.4 Å². The molecule has 1 heterocycles. The van der Waals surface area contributed by atoms with Crippen molar-refractivity contribution in [2.24, 2.45) is 0 Å². The van der Waals surface area contributed by atoms with Gasteiger partial charge in [0.2, 0.25) is 0 Å². The predicted octanol–water partition coefficient (Wildman–Crippen LogP) is 8.24. The van der Waals surface area contributed by atoms with Gasteiger partial charge in [-0.1, -0.05) is 91.8 Å². The number of hydrogen-bond acceptors (Lipinski definition) is 2. The van der Waals surface area contributed by atoms with E-state index in [4.69, 9.17) is 0 Å². The molecule has 0 radical (unpaired) electrons. The summed E-state index contributed by atoms with van der Waals surface area (Å²) in [5, 5.41) is 0. The van der Waals surface area contributed by atoms with Gasteiger partial charge in [-0.3, -0.25) is 0 Å². The Balaban J connectivity index is 2.11. The van der Waals surface area contributed by atoms with E-state index in [0.717, 1.165) is 13.1 Å². The fourth-order valence-corrected chi connectivity index (χ4v) is 5.19. The van der Waals surface area contributed by atoms with Gasteiger partial charge >= 0.3 is 0 Å². The molecule has 1 aliphatic rings. The molecule has 1 saturated heterocycles. The molecule has 2 heteroatoms. The fourth-order valence-electron chi connectivity index (χ4n) is 5.19. The van der Waals surface area contributed by atoms with E-state index in [1.807, 2.05) is 0 Å². The third-order valence-corrected chi connectivity index (χ3v) is 7.26. The first-order chi connectivity index (χ1) is 14.7. The van der Waals surface area contributed by atoms with Crippen molar-refractivity contribution in [2.75, 3.05) is 22.9 Å². The summed E-state index contributed by atoms with van der Waals surface area (Å²) in [6.07, 6.45) is 1.52. The Labute approximate surface area is 191 Å². The first-order valence-corrected chi connectivity index (χ1v) is 12.5. The largest absolute Gasteiger partial charge is 0.349 e. The Morgan fingerprint density at radius 3 is 1.39 bits per heavy atom. The van der Waals surface area contributed by atoms with E-state index in [9.17, 15) is 0 Å². The SMILES string of the molecule is CCC(C)c1cccc(C(C)C)c1N1CCN(c2c(C(C)C)cccc2C(C)C)C1C. The molecule has 0 bridgehead atoms. The minimum absolute atomic E-state index is 0.347. The van der Waals surface area contributed by atoms with Gasteiger partial charge in [-0.25, -0.2) is 0 Å². The van der Waals surface area contributed by atoms with Crippen LogP contribution in [0.5, 0.6) is 0 Å². The maximum absolute atomic E-state index is 2.69. The molecule has 2 aromatic carbocycles. The van der Waals surface area contributed by atoms with Crippen molar-refractivity contribution < 1.29 is 0 Å². The van der Waals surface area contributed by atoms with Gasteiger partial charge < -0.3 is 9.80 Å². The van der Waals surface area contributed by atoms with Crippen LogP contribution in [0.3, 0.4) is 0 Å². The molecule has 2 nitrogen and oxygen atoms in total. The molecular weight excluding hydrogens is 376 g/mol. The van der Waals surface area contributed by atoms with Gasteiger partial charge in [-0.05, 0) is 59.3 Å². The van der Waals surface area contributed by atoms with E-state index in [1.165, 1.54) is 40.0 Å². The topological polar surface area (TPSA) is 6.48 Å². The van der Waals surface area contributed by atoms with Crippen molar-refractivity contribution in [1.29, 1.82) is 0 Å². The fraction of sp³-hybridized carbons (Fsp3) is 0.586. The van der Waals surface area contributed by atoms with E-state index in [0.29, 0.717) is 29.8 Å². The van der Waals surface area contributed by atoms with Crippen LogP contribution in [0.1, 0.15) is 115 Å². The van der Waals surface area contributed by atoms with Gasteiger partial charge in [0.05, 0.1) is 6.17 Å². The van der Waals surface area contributed by atoms with Crippen LogP contribution < -0.4 is 9.80 Å². The Hall–Kier alpha value is -1.96. The smallest absolute Gasteiger partial charge is 0.0988 e. The minimum atomic E-state index is 0.347. The second kappa shape index (κ2) is 9.67. The molecule has 0 aromatic heterocycles. The summed E-state index contributed by atoms with van der Waals surface area (Å²) in [5.74, 6) is 2.14. The Bertz CT molecular complexity index is 854. The zero-order chi connectivity index (χ0) is 22.9. The summed E-state index contributed by atoms with van der Waals surface area (Å²) < 4.78 is 0.